The molecule has 0 aromatic heterocycles. The summed E-state index contributed by atoms with van der Waals surface area (Å²) in [6.45, 7) is 2.23. The summed E-state index contributed by atoms with van der Waals surface area (Å²) in [5, 5.41) is 9.99. The third kappa shape index (κ3) is 3.14. The highest BCUT2D eigenvalue weighted by atomic mass is 16.3. The molecule has 0 amide bonds. The summed E-state index contributed by atoms with van der Waals surface area (Å²) in [5.74, 6) is 0. The summed E-state index contributed by atoms with van der Waals surface area (Å²) in [4.78, 5) is 0. The molecule has 1 heteroatoms. The maximum absolute atomic E-state index is 9.99. The summed E-state index contributed by atoms with van der Waals surface area (Å²) >= 11 is 0. The molecule has 0 bridgehead atoms. The van der Waals surface area contributed by atoms with Crippen LogP contribution in [0.4, 0.5) is 0 Å². The molecule has 0 aliphatic heterocycles. The Morgan fingerprint density at radius 1 is 1.08 bits per heavy atom. The number of rotatable bonds is 5. The van der Waals surface area contributed by atoms with Gasteiger partial charge in [-0.25, -0.2) is 0 Å². The van der Waals surface area contributed by atoms with Gasteiger partial charge in [0.1, 0.15) is 0 Å². The fraction of sp³-hybridized carbons (Fsp3) is 1.00. The molecule has 0 aromatic carbocycles. The predicted octanol–water partition coefficient (Wildman–Crippen LogP) is 3.26. The quantitative estimate of drug-likeness (QED) is 0.628. The van der Waals surface area contributed by atoms with Crippen molar-refractivity contribution >= 4 is 0 Å². The van der Waals surface area contributed by atoms with Crippen LogP contribution in [-0.4, -0.2) is 10.7 Å². The van der Waals surface area contributed by atoms with Gasteiger partial charge in [0.2, 0.25) is 0 Å². The van der Waals surface area contributed by atoms with Crippen molar-refractivity contribution in [1.29, 1.82) is 0 Å². The zero-order valence-electron chi connectivity index (χ0n) is 8.31. The molecular formula is C11H22O. The lowest BCUT2D eigenvalue weighted by molar-refractivity contribution is 0.0361. The molecule has 12 heavy (non-hydrogen) atoms. The van der Waals surface area contributed by atoms with Crippen molar-refractivity contribution in [2.75, 3.05) is 0 Å². The fourth-order valence-electron chi connectivity index (χ4n) is 2.16. The van der Waals surface area contributed by atoms with E-state index < -0.39 is 0 Å². The molecule has 0 radical (unpaired) electrons. The van der Waals surface area contributed by atoms with Gasteiger partial charge >= 0.3 is 0 Å². The second-order valence-electron chi connectivity index (χ2n) is 4.24. The van der Waals surface area contributed by atoms with Gasteiger partial charge in [-0.2, -0.15) is 0 Å². The van der Waals surface area contributed by atoms with Crippen molar-refractivity contribution in [2.45, 2.75) is 70.3 Å². The minimum atomic E-state index is -0.256. The van der Waals surface area contributed by atoms with E-state index in [1.807, 2.05) is 0 Å². The van der Waals surface area contributed by atoms with Crippen LogP contribution in [-0.2, 0) is 0 Å². The predicted molar refractivity (Wildman–Crippen MR) is 52.2 cm³/mol. The van der Waals surface area contributed by atoms with Crippen molar-refractivity contribution in [1.82, 2.24) is 0 Å². The standard InChI is InChI=1S/C11H22O/c1-2-3-4-5-8-11(12)9-6-7-10-11/h12H,2-10H2,1H3. The first kappa shape index (κ1) is 10.0. The Kier molecular flexibility index (Phi) is 4.07. The largest absolute Gasteiger partial charge is 0.390 e. The van der Waals surface area contributed by atoms with Crippen LogP contribution < -0.4 is 0 Å². The number of hydrogen-bond donors (Lipinski definition) is 1. The molecular weight excluding hydrogens is 148 g/mol. The minimum absolute atomic E-state index is 0.256. The topological polar surface area (TPSA) is 20.2 Å². The Balaban J connectivity index is 2.05. The molecule has 1 aliphatic rings. The van der Waals surface area contributed by atoms with E-state index in [4.69, 9.17) is 0 Å². The lowest BCUT2D eigenvalue weighted by Crippen LogP contribution is -2.23. The SMILES string of the molecule is CCCCCCC1(O)CCCC1. The zero-order valence-corrected chi connectivity index (χ0v) is 8.31. The Hall–Kier alpha value is -0.0400. The van der Waals surface area contributed by atoms with Gasteiger partial charge < -0.3 is 5.11 Å². The van der Waals surface area contributed by atoms with Crippen LogP contribution in [0.25, 0.3) is 0 Å². The van der Waals surface area contributed by atoms with E-state index in [2.05, 4.69) is 6.92 Å². The third-order valence-corrected chi connectivity index (χ3v) is 3.03. The van der Waals surface area contributed by atoms with Crippen LogP contribution in [0.5, 0.6) is 0 Å². The maximum Gasteiger partial charge on any atom is 0.0647 e. The van der Waals surface area contributed by atoms with Crippen LogP contribution >= 0.6 is 0 Å². The van der Waals surface area contributed by atoms with E-state index in [1.165, 1.54) is 38.5 Å². The first-order valence-electron chi connectivity index (χ1n) is 5.49. The van der Waals surface area contributed by atoms with E-state index in [9.17, 15) is 5.11 Å². The average Bonchev–Trinajstić information content (AvgIpc) is 2.47. The van der Waals surface area contributed by atoms with Crippen molar-refractivity contribution in [3.63, 3.8) is 0 Å². The van der Waals surface area contributed by atoms with Crippen LogP contribution in [0.3, 0.4) is 0 Å². The lowest BCUT2D eigenvalue weighted by atomic mass is 9.94. The molecule has 0 atom stereocenters. The van der Waals surface area contributed by atoms with Crippen LogP contribution in [0, 0.1) is 0 Å². The first-order chi connectivity index (χ1) is 5.77. The molecule has 0 spiro atoms. The number of hydrogen-bond acceptors (Lipinski definition) is 1. The van der Waals surface area contributed by atoms with Gasteiger partial charge in [-0.15, -0.1) is 0 Å². The fourth-order valence-corrected chi connectivity index (χ4v) is 2.16. The number of unbranched alkanes of at least 4 members (excludes halogenated alkanes) is 3. The molecule has 72 valence electrons. The van der Waals surface area contributed by atoms with Gasteiger partial charge in [-0.1, -0.05) is 45.4 Å². The van der Waals surface area contributed by atoms with E-state index >= 15 is 0 Å². The van der Waals surface area contributed by atoms with E-state index in [-0.39, 0.29) is 5.60 Å². The highest BCUT2D eigenvalue weighted by molar-refractivity contribution is 4.83. The summed E-state index contributed by atoms with van der Waals surface area (Å²) < 4.78 is 0. The molecule has 0 aromatic rings. The highest BCUT2D eigenvalue weighted by Crippen LogP contribution is 2.33. The average molecular weight is 170 g/mol. The monoisotopic (exact) mass is 170 g/mol. The molecule has 1 N–H and O–H groups in total. The van der Waals surface area contributed by atoms with Crippen molar-refractivity contribution in [3.8, 4) is 0 Å². The van der Waals surface area contributed by atoms with Gasteiger partial charge in [0, 0.05) is 0 Å². The molecule has 1 nitrogen and oxygen atoms in total. The Labute approximate surface area is 76.2 Å². The second-order valence-corrected chi connectivity index (χ2v) is 4.24. The van der Waals surface area contributed by atoms with Crippen LogP contribution in [0.2, 0.25) is 0 Å². The summed E-state index contributed by atoms with van der Waals surface area (Å²) in [5.41, 5.74) is -0.256. The number of aliphatic hydroxyl groups is 1. The van der Waals surface area contributed by atoms with Gasteiger partial charge in [-0.05, 0) is 19.3 Å². The van der Waals surface area contributed by atoms with Gasteiger partial charge in [0.25, 0.3) is 0 Å². The molecule has 1 saturated carbocycles. The van der Waals surface area contributed by atoms with Crippen LogP contribution in [0.15, 0.2) is 0 Å². The summed E-state index contributed by atoms with van der Waals surface area (Å²) in [6.07, 6.45) is 10.8. The van der Waals surface area contributed by atoms with Gasteiger partial charge in [0.15, 0.2) is 0 Å². The highest BCUT2D eigenvalue weighted by Gasteiger charge is 2.29. The Morgan fingerprint density at radius 2 is 1.75 bits per heavy atom. The van der Waals surface area contributed by atoms with E-state index in [1.54, 1.807) is 0 Å². The Bertz CT molecular complexity index is 114. The molecule has 1 aliphatic carbocycles. The van der Waals surface area contributed by atoms with Crippen LogP contribution in [0.1, 0.15) is 64.7 Å². The normalized spacial score (nSPS) is 21.5. The molecule has 1 rings (SSSR count). The van der Waals surface area contributed by atoms with E-state index in [0.717, 1.165) is 19.3 Å². The smallest absolute Gasteiger partial charge is 0.0647 e. The molecule has 0 heterocycles. The first-order valence-corrected chi connectivity index (χ1v) is 5.49. The third-order valence-electron chi connectivity index (χ3n) is 3.03. The minimum Gasteiger partial charge on any atom is -0.390 e. The van der Waals surface area contributed by atoms with Crippen molar-refractivity contribution in [2.24, 2.45) is 0 Å². The molecule has 0 unspecified atom stereocenters. The summed E-state index contributed by atoms with van der Waals surface area (Å²) in [7, 11) is 0. The maximum atomic E-state index is 9.99. The van der Waals surface area contributed by atoms with Gasteiger partial charge in [-0.3, -0.25) is 0 Å². The second kappa shape index (κ2) is 4.86. The lowest BCUT2D eigenvalue weighted by Gasteiger charge is -2.21. The molecule has 1 fully saturated rings. The molecule has 0 saturated heterocycles. The van der Waals surface area contributed by atoms with Crippen molar-refractivity contribution < 1.29 is 5.11 Å². The zero-order chi connectivity index (χ0) is 8.86. The van der Waals surface area contributed by atoms with Crippen molar-refractivity contribution in [3.05, 3.63) is 0 Å². The van der Waals surface area contributed by atoms with E-state index in [0.29, 0.717) is 0 Å². The summed E-state index contributed by atoms with van der Waals surface area (Å²) in [6, 6.07) is 0. The van der Waals surface area contributed by atoms with Gasteiger partial charge in [0.05, 0.1) is 5.60 Å². The Morgan fingerprint density at radius 3 is 2.33 bits per heavy atom.